The fraction of sp³-hybridized carbons (Fsp3) is 1.00. The van der Waals surface area contributed by atoms with Gasteiger partial charge in [-0.2, -0.15) is 0 Å². The number of hydrogen-bond donors (Lipinski definition) is 2. The van der Waals surface area contributed by atoms with E-state index in [1.54, 1.807) is 0 Å². The zero-order valence-corrected chi connectivity index (χ0v) is 11.3. The summed E-state index contributed by atoms with van der Waals surface area (Å²) < 4.78 is 5.76. The van der Waals surface area contributed by atoms with Crippen LogP contribution in [0.15, 0.2) is 0 Å². The first-order valence-corrected chi connectivity index (χ1v) is 7.28. The minimum Gasteiger partial charge on any atom is -0.395 e. The number of hydrogen-bond acceptors (Lipinski definition) is 3. The van der Waals surface area contributed by atoms with Gasteiger partial charge < -0.3 is 15.2 Å². The first kappa shape index (κ1) is 14.9. The molecule has 1 aliphatic carbocycles. The highest BCUT2D eigenvalue weighted by molar-refractivity contribution is 4.66. The van der Waals surface area contributed by atoms with Crippen molar-refractivity contribution in [2.24, 2.45) is 5.92 Å². The Bertz CT molecular complexity index is 168. The lowest BCUT2D eigenvalue weighted by molar-refractivity contribution is 0.0810. The van der Waals surface area contributed by atoms with Crippen LogP contribution in [0.2, 0.25) is 0 Å². The van der Waals surface area contributed by atoms with Crippen molar-refractivity contribution in [2.75, 3.05) is 26.4 Å². The molecule has 0 amide bonds. The fourth-order valence-electron chi connectivity index (χ4n) is 2.55. The third-order valence-corrected chi connectivity index (χ3v) is 3.65. The van der Waals surface area contributed by atoms with Crippen LogP contribution in [0.3, 0.4) is 0 Å². The van der Waals surface area contributed by atoms with Gasteiger partial charge in [-0.15, -0.1) is 0 Å². The average Bonchev–Trinajstić information content (AvgIpc) is 2.61. The van der Waals surface area contributed by atoms with Gasteiger partial charge in [0.1, 0.15) is 0 Å². The Hall–Kier alpha value is -0.120. The molecule has 1 atom stereocenters. The minimum absolute atomic E-state index is 0.203. The molecule has 17 heavy (non-hydrogen) atoms. The van der Waals surface area contributed by atoms with Crippen molar-refractivity contribution in [3.05, 3.63) is 0 Å². The molecule has 1 fully saturated rings. The molecule has 0 aliphatic heterocycles. The van der Waals surface area contributed by atoms with Crippen molar-refractivity contribution in [2.45, 2.75) is 57.9 Å². The van der Waals surface area contributed by atoms with Crippen molar-refractivity contribution in [1.82, 2.24) is 5.32 Å². The van der Waals surface area contributed by atoms with E-state index in [1.807, 2.05) is 0 Å². The van der Waals surface area contributed by atoms with Crippen molar-refractivity contribution in [1.29, 1.82) is 0 Å². The Labute approximate surface area is 106 Å². The Morgan fingerprint density at radius 2 is 1.94 bits per heavy atom. The zero-order chi connectivity index (χ0) is 12.3. The van der Waals surface area contributed by atoms with Gasteiger partial charge >= 0.3 is 0 Å². The maximum Gasteiger partial charge on any atom is 0.0585 e. The van der Waals surface area contributed by atoms with Crippen LogP contribution in [0.5, 0.6) is 0 Å². The summed E-state index contributed by atoms with van der Waals surface area (Å²) in [6, 6.07) is 0.203. The predicted octanol–water partition coefficient (Wildman–Crippen LogP) is 2.33. The lowest BCUT2D eigenvalue weighted by atomic mass is 10.0. The van der Waals surface area contributed by atoms with Crippen LogP contribution < -0.4 is 5.32 Å². The first-order chi connectivity index (χ1) is 8.36. The number of aliphatic hydroxyl groups excluding tert-OH is 1. The molecule has 2 N–H and O–H groups in total. The Morgan fingerprint density at radius 1 is 1.24 bits per heavy atom. The highest BCUT2D eigenvalue weighted by Gasteiger charge is 2.12. The molecule has 0 aromatic carbocycles. The second kappa shape index (κ2) is 9.86. The molecule has 0 radical (unpaired) electrons. The summed E-state index contributed by atoms with van der Waals surface area (Å²) in [6.45, 7) is 4.88. The maximum absolute atomic E-state index is 9.12. The molecular formula is C14H29NO2. The topological polar surface area (TPSA) is 41.5 Å². The lowest BCUT2D eigenvalue weighted by Gasteiger charge is -2.17. The van der Waals surface area contributed by atoms with Crippen molar-refractivity contribution >= 4 is 0 Å². The summed E-state index contributed by atoms with van der Waals surface area (Å²) in [5.41, 5.74) is 0. The van der Waals surface area contributed by atoms with Gasteiger partial charge in [0.05, 0.1) is 6.61 Å². The highest BCUT2D eigenvalue weighted by atomic mass is 16.5. The average molecular weight is 243 g/mol. The summed E-state index contributed by atoms with van der Waals surface area (Å²) in [6.07, 6.45) is 9.17. The monoisotopic (exact) mass is 243 g/mol. The van der Waals surface area contributed by atoms with Gasteiger partial charge in [0.15, 0.2) is 0 Å². The summed E-state index contributed by atoms with van der Waals surface area (Å²) in [7, 11) is 0. The molecule has 3 heteroatoms. The van der Waals surface area contributed by atoms with Crippen molar-refractivity contribution in [3.8, 4) is 0 Å². The standard InChI is InChI=1S/C14H29NO2/c1-2-15-14(11-16)9-10-17-12-13-7-5-3-4-6-8-13/h13-16H,2-12H2,1H3. The summed E-state index contributed by atoms with van der Waals surface area (Å²) in [5, 5.41) is 12.4. The van der Waals surface area contributed by atoms with E-state index >= 15 is 0 Å². The quantitative estimate of drug-likeness (QED) is 0.508. The zero-order valence-electron chi connectivity index (χ0n) is 11.3. The number of likely N-dealkylation sites (N-methyl/N-ethyl adjacent to an activating group) is 1. The lowest BCUT2D eigenvalue weighted by Crippen LogP contribution is -2.33. The number of aliphatic hydroxyl groups is 1. The van der Waals surface area contributed by atoms with Gasteiger partial charge in [-0.3, -0.25) is 0 Å². The molecule has 0 heterocycles. The molecule has 102 valence electrons. The van der Waals surface area contributed by atoms with Crippen LogP contribution in [0.4, 0.5) is 0 Å². The molecule has 1 aliphatic rings. The van der Waals surface area contributed by atoms with Crippen LogP contribution in [-0.2, 0) is 4.74 Å². The summed E-state index contributed by atoms with van der Waals surface area (Å²) in [5.74, 6) is 0.782. The largest absolute Gasteiger partial charge is 0.395 e. The van der Waals surface area contributed by atoms with Crippen LogP contribution in [0.1, 0.15) is 51.9 Å². The summed E-state index contributed by atoms with van der Waals surface area (Å²) >= 11 is 0. The number of rotatable bonds is 8. The molecule has 0 aromatic rings. The van der Waals surface area contributed by atoms with E-state index in [-0.39, 0.29) is 12.6 Å². The smallest absolute Gasteiger partial charge is 0.0585 e. The van der Waals surface area contributed by atoms with E-state index in [0.717, 1.165) is 32.1 Å². The number of ether oxygens (including phenoxy) is 1. The Balaban J connectivity index is 2.01. The second-order valence-corrected chi connectivity index (χ2v) is 5.16. The molecule has 1 unspecified atom stereocenters. The number of nitrogens with one attached hydrogen (secondary N) is 1. The third-order valence-electron chi connectivity index (χ3n) is 3.65. The predicted molar refractivity (Wildman–Crippen MR) is 71.2 cm³/mol. The van der Waals surface area contributed by atoms with E-state index in [0.29, 0.717) is 0 Å². The van der Waals surface area contributed by atoms with Gasteiger partial charge in [-0.05, 0) is 31.7 Å². The van der Waals surface area contributed by atoms with E-state index in [1.165, 1.54) is 38.5 Å². The molecule has 3 nitrogen and oxygen atoms in total. The van der Waals surface area contributed by atoms with Gasteiger partial charge in [-0.25, -0.2) is 0 Å². The van der Waals surface area contributed by atoms with Crippen LogP contribution in [0.25, 0.3) is 0 Å². The molecular weight excluding hydrogens is 214 g/mol. The van der Waals surface area contributed by atoms with Gasteiger partial charge in [0.25, 0.3) is 0 Å². The summed E-state index contributed by atoms with van der Waals surface area (Å²) in [4.78, 5) is 0. The van der Waals surface area contributed by atoms with E-state index < -0.39 is 0 Å². The van der Waals surface area contributed by atoms with Crippen molar-refractivity contribution < 1.29 is 9.84 Å². The molecule has 1 rings (SSSR count). The molecule has 1 saturated carbocycles. The van der Waals surface area contributed by atoms with Crippen LogP contribution in [-0.4, -0.2) is 37.5 Å². The van der Waals surface area contributed by atoms with E-state index in [2.05, 4.69) is 12.2 Å². The van der Waals surface area contributed by atoms with Gasteiger partial charge in [0.2, 0.25) is 0 Å². The second-order valence-electron chi connectivity index (χ2n) is 5.16. The normalized spacial score (nSPS) is 20.1. The van der Waals surface area contributed by atoms with E-state index in [4.69, 9.17) is 9.84 Å². The van der Waals surface area contributed by atoms with Crippen LogP contribution in [0, 0.1) is 5.92 Å². The van der Waals surface area contributed by atoms with Gasteiger partial charge in [0, 0.05) is 19.3 Å². The molecule has 0 saturated heterocycles. The van der Waals surface area contributed by atoms with Crippen molar-refractivity contribution in [3.63, 3.8) is 0 Å². The first-order valence-electron chi connectivity index (χ1n) is 7.28. The maximum atomic E-state index is 9.12. The minimum atomic E-state index is 0.203. The fourth-order valence-corrected chi connectivity index (χ4v) is 2.55. The van der Waals surface area contributed by atoms with E-state index in [9.17, 15) is 0 Å². The molecule has 0 bridgehead atoms. The highest BCUT2D eigenvalue weighted by Crippen LogP contribution is 2.22. The molecule has 0 spiro atoms. The van der Waals surface area contributed by atoms with Gasteiger partial charge in [-0.1, -0.05) is 32.6 Å². The van der Waals surface area contributed by atoms with Crippen LogP contribution >= 0.6 is 0 Å². The SMILES string of the molecule is CCNC(CO)CCOCC1CCCCCC1. The Morgan fingerprint density at radius 3 is 2.53 bits per heavy atom. The third kappa shape index (κ3) is 7.02. The Kier molecular flexibility index (Phi) is 8.67. The molecule has 0 aromatic heterocycles.